The number of fused-ring (bicyclic) bond motifs is 1. The molecule has 0 aliphatic heterocycles. The topological polar surface area (TPSA) is 93.5 Å². The van der Waals surface area contributed by atoms with Crippen molar-refractivity contribution in [1.82, 2.24) is 15.0 Å². The van der Waals surface area contributed by atoms with E-state index < -0.39 is 11.9 Å². The molecule has 0 bridgehead atoms. The molecule has 30 heavy (non-hydrogen) atoms. The highest BCUT2D eigenvalue weighted by Gasteiger charge is 2.20. The number of nitrogens with one attached hydrogen (secondary N) is 1. The summed E-state index contributed by atoms with van der Waals surface area (Å²) in [5, 5.41) is 8.91. The van der Waals surface area contributed by atoms with E-state index in [1.165, 1.54) is 17.6 Å². The lowest BCUT2D eigenvalue weighted by Crippen LogP contribution is -2.17. The van der Waals surface area contributed by atoms with Crippen LogP contribution in [0.2, 0.25) is 5.02 Å². The number of ether oxygens (including phenoxy) is 1. The van der Waals surface area contributed by atoms with Crippen LogP contribution >= 0.6 is 34.5 Å². The van der Waals surface area contributed by atoms with Crippen LogP contribution in [0.15, 0.2) is 53.6 Å². The second-order valence-corrected chi connectivity index (χ2v) is 8.24. The average molecular weight is 457 g/mol. The zero-order valence-electron chi connectivity index (χ0n) is 15.5. The fourth-order valence-corrected chi connectivity index (χ4v) is 4.55. The van der Waals surface area contributed by atoms with Crippen LogP contribution in [0.4, 0.5) is 0 Å². The van der Waals surface area contributed by atoms with Crippen molar-refractivity contribution in [3.63, 3.8) is 0 Å². The summed E-state index contributed by atoms with van der Waals surface area (Å²) < 4.78 is 10.2. The Morgan fingerprint density at radius 1 is 1.13 bits per heavy atom. The second kappa shape index (κ2) is 8.70. The van der Waals surface area contributed by atoms with Crippen LogP contribution in [-0.2, 0) is 0 Å². The smallest absolute Gasteiger partial charge is 0.355 e. The van der Waals surface area contributed by atoms with Gasteiger partial charge in [-0.15, -0.1) is 16.4 Å². The maximum Gasteiger partial charge on any atom is 0.355 e. The number of hydrazone groups is 1. The van der Waals surface area contributed by atoms with Crippen LogP contribution < -0.4 is 10.2 Å². The molecule has 1 N–H and O–H groups in total. The van der Waals surface area contributed by atoms with Crippen LogP contribution in [0.3, 0.4) is 0 Å². The average Bonchev–Trinajstić information content (AvgIpc) is 3.33. The first kappa shape index (κ1) is 20.1. The van der Waals surface area contributed by atoms with Crippen molar-refractivity contribution in [3.8, 4) is 5.75 Å². The standard InChI is InChI=1S/C20H13ClN4O3S2/c1-11-17(30-25-23-11)19(26)24-22-10-12-6-2-4-8-14(12)28-20(27)18-16(21)13-7-3-5-9-15(13)29-18/h2-10H,1H3,(H,24,26)/b22-10+. The van der Waals surface area contributed by atoms with Crippen molar-refractivity contribution in [3.05, 3.63) is 74.6 Å². The molecule has 10 heteroatoms. The Hall–Kier alpha value is -3.14. The van der Waals surface area contributed by atoms with Crippen molar-refractivity contribution >= 4 is 62.6 Å². The number of para-hydroxylation sites is 1. The fourth-order valence-electron chi connectivity index (χ4n) is 2.62. The molecule has 0 saturated carbocycles. The van der Waals surface area contributed by atoms with Gasteiger partial charge in [0, 0.05) is 15.6 Å². The Kier molecular flexibility index (Phi) is 5.84. The highest BCUT2D eigenvalue weighted by Crippen LogP contribution is 2.35. The predicted octanol–water partition coefficient (Wildman–Crippen LogP) is 4.70. The highest BCUT2D eigenvalue weighted by molar-refractivity contribution is 7.21. The minimum absolute atomic E-state index is 0.296. The third-order valence-electron chi connectivity index (χ3n) is 4.07. The molecule has 0 unspecified atom stereocenters. The normalized spacial score (nSPS) is 11.1. The molecule has 0 spiro atoms. The number of hydrogen-bond donors (Lipinski definition) is 1. The SMILES string of the molecule is Cc1nnsc1C(=O)N/N=C/c1ccccc1OC(=O)c1sc2ccccc2c1Cl. The molecule has 4 rings (SSSR count). The van der Waals surface area contributed by atoms with Gasteiger partial charge in [-0.2, -0.15) is 5.10 Å². The Labute approximate surface area is 184 Å². The first-order valence-corrected chi connectivity index (χ1v) is 10.6. The van der Waals surface area contributed by atoms with Gasteiger partial charge in [0.15, 0.2) is 0 Å². The molecular formula is C20H13ClN4O3S2. The molecule has 0 aliphatic rings. The van der Waals surface area contributed by atoms with Crippen molar-refractivity contribution in [2.75, 3.05) is 0 Å². The number of aromatic nitrogens is 2. The van der Waals surface area contributed by atoms with E-state index in [-0.39, 0.29) is 0 Å². The molecule has 0 atom stereocenters. The van der Waals surface area contributed by atoms with Crippen LogP contribution in [0, 0.1) is 6.92 Å². The molecule has 0 aliphatic carbocycles. The molecule has 0 fully saturated rings. The summed E-state index contributed by atoms with van der Waals surface area (Å²) in [5.74, 6) is -0.674. The monoisotopic (exact) mass is 456 g/mol. The van der Waals surface area contributed by atoms with Gasteiger partial charge in [0.25, 0.3) is 5.91 Å². The van der Waals surface area contributed by atoms with E-state index in [0.29, 0.717) is 31.8 Å². The summed E-state index contributed by atoms with van der Waals surface area (Å²) in [4.78, 5) is 25.5. The number of esters is 1. The lowest BCUT2D eigenvalue weighted by molar-refractivity contribution is 0.0739. The lowest BCUT2D eigenvalue weighted by Gasteiger charge is -2.06. The molecule has 2 aromatic carbocycles. The zero-order valence-corrected chi connectivity index (χ0v) is 17.8. The van der Waals surface area contributed by atoms with Crippen molar-refractivity contribution in [2.45, 2.75) is 6.92 Å². The van der Waals surface area contributed by atoms with Crippen LogP contribution in [-0.4, -0.2) is 27.7 Å². The number of benzene rings is 2. The molecular weight excluding hydrogens is 444 g/mol. The number of carbonyl (C=O) groups excluding carboxylic acids is 2. The van der Waals surface area contributed by atoms with Gasteiger partial charge in [0.05, 0.1) is 16.9 Å². The van der Waals surface area contributed by atoms with E-state index in [0.717, 1.165) is 21.6 Å². The number of aryl methyl sites for hydroxylation is 1. The number of carbonyl (C=O) groups is 2. The van der Waals surface area contributed by atoms with Crippen molar-refractivity contribution < 1.29 is 14.3 Å². The first-order valence-electron chi connectivity index (χ1n) is 8.65. The second-order valence-electron chi connectivity index (χ2n) is 6.06. The molecule has 4 aromatic rings. The van der Waals surface area contributed by atoms with E-state index >= 15 is 0 Å². The highest BCUT2D eigenvalue weighted by atomic mass is 35.5. The maximum atomic E-state index is 12.7. The molecule has 0 saturated heterocycles. The fraction of sp³-hybridized carbons (Fsp3) is 0.0500. The van der Waals surface area contributed by atoms with Crippen LogP contribution in [0.25, 0.3) is 10.1 Å². The minimum atomic E-state index is -0.558. The number of halogens is 1. The van der Waals surface area contributed by atoms with Gasteiger partial charge in [-0.3, -0.25) is 4.79 Å². The molecule has 2 heterocycles. The van der Waals surface area contributed by atoms with Gasteiger partial charge in [-0.25, -0.2) is 10.2 Å². The minimum Gasteiger partial charge on any atom is -0.422 e. The van der Waals surface area contributed by atoms with Gasteiger partial charge in [0.2, 0.25) is 0 Å². The summed E-state index contributed by atoms with van der Waals surface area (Å²) in [7, 11) is 0. The Morgan fingerprint density at radius 2 is 1.90 bits per heavy atom. The Balaban J connectivity index is 1.51. The number of thiophene rings is 1. The quantitative estimate of drug-likeness (QED) is 0.203. The Morgan fingerprint density at radius 3 is 2.67 bits per heavy atom. The van der Waals surface area contributed by atoms with Gasteiger partial charge in [-0.1, -0.05) is 46.4 Å². The predicted molar refractivity (Wildman–Crippen MR) is 118 cm³/mol. The third-order valence-corrected chi connectivity index (χ3v) is 6.55. The summed E-state index contributed by atoms with van der Waals surface area (Å²) in [5.41, 5.74) is 3.46. The maximum absolute atomic E-state index is 12.7. The number of rotatable bonds is 5. The summed E-state index contributed by atoms with van der Waals surface area (Å²) >= 11 is 8.62. The van der Waals surface area contributed by atoms with E-state index in [9.17, 15) is 9.59 Å². The Bertz CT molecular complexity index is 1280. The van der Waals surface area contributed by atoms with E-state index in [4.69, 9.17) is 16.3 Å². The third kappa shape index (κ3) is 4.09. The van der Waals surface area contributed by atoms with Gasteiger partial charge < -0.3 is 4.74 Å². The van der Waals surface area contributed by atoms with E-state index in [2.05, 4.69) is 20.1 Å². The van der Waals surface area contributed by atoms with Gasteiger partial charge in [-0.05, 0) is 36.7 Å². The van der Waals surface area contributed by atoms with Crippen molar-refractivity contribution in [2.24, 2.45) is 5.10 Å². The largest absolute Gasteiger partial charge is 0.422 e. The number of amides is 1. The summed E-state index contributed by atoms with van der Waals surface area (Å²) in [6, 6.07) is 14.3. The van der Waals surface area contributed by atoms with Crippen LogP contribution in [0.1, 0.15) is 30.6 Å². The molecule has 7 nitrogen and oxygen atoms in total. The van der Waals surface area contributed by atoms with E-state index in [1.807, 2.05) is 24.3 Å². The lowest BCUT2D eigenvalue weighted by atomic mass is 10.2. The summed E-state index contributed by atoms with van der Waals surface area (Å²) in [6.45, 7) is 1.69. The van der Waals surface area contributed by atoms with Gasteiger partial charge in [0.1, 0.15) is 15.5 Å². The van der Waals surface area contributed by atoms with Crippen molar-refractivity contribution in [1.29, 1.82) is 0 Å². The van der Waals surface area contributed by atoms with E-state index in [1.54, 1.807) is 31.2 Å². The molecule has 1 amide bonds. The number of nitrogens with zero attached hydrogens (tertiary/aromatic N) is 3. The zero-order chi connectivity index (χ0) is 21.1. The van der Waals surface area contributed by atoms with Gasteiger partial charge >= 0.3 is 5.97 Å². The molecule has 150 valence electrons. The summed E-state index contributed by atoms with van der Waals surface area (Å²) in [6.07, 6.45) is 1.40. The molecule has 2 aromatic heterocycles. The van der Waals surface area contributed by atoms with Crippen LogP contribution in [0.5, 0.6) is 5.75 Å². The molecule has 0 radical (unpaired) electrons. The first-order chi connectivity index (χ1) is 14.5. The number of hydrogen-bond acceptors (Lipinski definition) is 8.